The second-order valence-corrected chi connectivity index (χ2v) is 7.93. The third-order valence-corrected chi connectivity index (χ3v) is 4.84. The van der Waals surface area contributed by atoms with Crippen molar-refractivity contribution in [2.24, 2.45) is 0 Å². The highest BCUT2D eigenvalue weighted by Crippen LogP contribution is 2.23. The van der Waals surface area contributed by atoms with E-state index in [1.165, 1.54) is 16.7 Å². The van der Waals surface area contributed by atoms with Crippen LogP contribution in [0.25, 0.3) is 0 Å². The van der Waals surface area contributed by atoms with Crippen LogP contribution >= 0.6 is 0 Å². The second-order valence-electron chi connectivity index (χ2n) is 7.93. The van der Waals surface area contributed by atoms with Crippen molar-refractivity contribution in [3.8, 4) is 0 Å². The van der Waals surface area contributed by atoms with Crippen LogP contribution in [0.5, 0.6) is 0 Å². The number of amides is 1. The predicted molar refractivity (Wildman–Crippen MR) is 107 cm³/mol. The Labute approximate surface area is 152 Å². The van der Waals surface area contributed by atoms with Gasteiger partial charge in [-0.15, -0.1) is 0 Å². The molecule has 2 aromatic carbocycles. The van der Waals surface area contributed by atoms with Crippen molar-refractivity contribution in [1.29, 1.82) is 0 Å². The Hall–Kier alpha value is -2.09. The maximum atomic E-state index is 12.2. The van der Waals surface area contributed by atoms with Gasteiger partial charge in [-0.1, -0.05) is 71.0 Å². The standard InChI is InChI=1S/C23H31NO/c1-6-17(2)19-10-14-21(15-11-19)24-22(25)16-9-18-7-12-20(13-8-18)23(3,4)5/h7-8,10-15,17H,6,9,16H2,1-5H3,(H,24,25). The third kappa shape index (κ3) is 5.74. The molecule has 1 atom stereocenters. The van der Waals surface area contributed by atoms with Crippen molar-refractivity contribution in [3.63, 3.8) is 0 Å². The molecule has 0 aliphatic carbocycles. The van der Waals surface area contributed by atoms with Gasteiger partial charge in [0.25, 0.3) is 0 Å². The third-order valence-electron chi connectivity index (χ3n) is 4.84. The molecule has 0 heterocycles. The zero-order valence-electron chi connectivity index (χ0n) is 16.2. The first kappa shape index (κ1) is 19.2. The van der Waals surface area contributed by atoms with E-state index in [1.807, 2.05) is 12.1 Å². The molecular formula is C23H31NO. The molecule has 0 bridgehead atoms. The smallest absolute Gasteiger partial charge is 0.224 e. The number of hydrogen-bond donors (Lipinski definition) is 1. The summed E-state index contributed by atoms with van der Waals surface area (Å²) < 4.78 is 0. The number of rotatable bonds is 6. The highest BCUT2D eigenvalue weighted by atomic mass is 16.1. The van der Waals surface area contributed by atoms with E-state index in [-0.39, 0.29) is 11.3 Å². The molecule has 0 aliphatic heterocycles. The molecular weight excluding hydrogens is 306 g/mol. The Balaban J connectivity index is 1.86. The van der Waals surface area contributed by atoms with Crippen molar-refractivity contribution in [2.45, 2.75) is 65.2 Å². The van der Waals surface area contributed by atoms with E-state index < -0.39 is 0 Å². The van der Waals surface area contributed by atoms with Crippen LogP contribution in [0.4, 0.5) is 5.69 Å². The quantitative estimate of drug-likeness (QED) is 0.681. The number of hydrogen-bond acceptors (Lipinski definition) is 1. The molecule has 2 heteroatoms. The van der Waals surface area contributed by atoms with Crippen LogP contribution in [0.1, 0.15) is 70.1 Å². The topological polar surface area (TPSA) is 29.1 Å². The van der Waals surface area contributed by atoms with Crippen LogP contribution < -0.4 is 5.32 Å². The van der Waals surface area contributed by atoms with Gasteiger partial charge in [-0.25, -0.2) is 0 Å². The summed E-state index contributed by atoms with van der Waals surface area (Å²) in [6.45, 7) is 11.0. The lowest BCUT2D eigenvalue weighted by atomic mass is 9.86. The lowest BCUT2D eigenvalue weighted by Crippen LogP contribution is -2.13. The van der Waals surface area contributed by atoms with Crippen LogP contribution in [0.3, 0.4) is 0 Å². The highest BCUT2D eigenvalue weighted by molar-refractivity contribution is 5.90. The van der Waals surface area contributed by atoms with Gasteiger partial charge in [0.05, 0.1) is 0 Å². The van der Waals surface area contributed by atoms with Gasteiger partial charge in [-0.05, 0) is 53.0 Å². The van der Waals surface area contributed by atoms with Crippen molar-refractivity contribution in [1.82, 2.24) is 0 Å². The van der Waals surface area contributed by atoms with Gasteiger partial charge >= 0.3 is 0 Å². The molecule has 0 aliphatic rings. The van der Waals surface area contributed by atoms with E-state index in [0.29, 0.717) is 12.3 Å². The second kappa shape index (κ2) is 8.33. The number of carbonyl (C=O) groups excluding carboxylic acids is 1. The minimum absolute atomic E-state index is 0.0659. The fourth-order valence-corrected chi connectivity index (χ4v) is 2.78. The molecule has 1 unspecified atom stereocenters. The van der Waals surface area contributed by atoms with Gasteiger partial charge in [0.1, 0.15) is 0 Å². The molecule has 134 valence electrons. The van der Waals surface area contributed by atoms with Crippen molar-refractivity contribution >= 4 is 11.6 Å². The average molecular weight is 338 g/mol. The first-order chi connectivity index (χ1) is 11.8. The first-order valence-electron chi connectivity index (χ1n) is 9.29. The van der Waals surface area contributed by atoms with Gasteiger partial charge in [-0.2, -0.15) is 0 Å². The maximum absolute atomic E-state index is 12.2. The molecule has 25 heavy (non-hydrogen) atoms. The van der Waals surface area contributed by atoms with Crippen LogP contribution in [0.2, 0.25) is 0 Å². The Morgan fingerprint density at radius 3 is 2.12 bits per heavy atom. The number of benzene rings is 2. The molecule has 2 nitrogen and oxygen atoms in total. The molecule has 0 aromatic heterocycles. The van der Waals surface area contributed by atoms with Crippen molar-refractivity contribution in [2.75, 3.05) is 5.32 Å². The number of carbonyl (C=O) groups is 1. The van der Waals surface area contributed by atoms with Crippen LogP contribution in [-0.4, -0.2) is 5.91 Å². The first-order valence-corrected chi connectivity index (χ1v) is 9.29. The summed E-state index contributed by atoms with van der Waals surface area (Å²) in [5.41, 5.74) is 4.88. The molecule has 0 fully saturated rings. The molecule has 2 rings (SSSR count). The Bertz CT molecular complexity index is 678. The van der Waals surface area contributed by atoms with E-state index >= 15 is 0 Å². The molecule has 0 spiro atoms. The molecule has 1 amide bonds. The Kier molecular flexibility index (Phi) is 6.41. The van der Waals surface area contributed by atoms with E-state index in [4.69, 9.17) is 0 Å². The maximum Gasteiger partial charge on any atom is 0.224 e. The SMILES string of the molecule is CCC(C)c1ccc(NC(=O)CCc2ccc(C(C)(C)C)cc2)cc1. The summed E-state index contributed by atoms with van der Waals surface area (Å²) in [6.07, 6.45) is 2.39. The summed E-state index contributed by atoms with van der Waals surface area (Å²) in [6, 6.07) is 16.8. The van der Waals surface area contributed by atoms with E-state index in [9.17, 15) is 4.79 Å². The number of aryl methyl sites for hydroxylation is 1. The Morgan fingerprint density at radius 2 is 1.60 bits per heavy atom. The summed E-state index contributed by atoms with van der Waals surface area (Å²) in [5.74, 6) is 0.622. The molecule has 0 radical (unpaired) electrons. The highest BCUT2D eigenvalue weighted by Gasteiger charge is 2.13. The number of nitrogens with one attached hydrogen (secondary N) is 1. The normalized spacial score (nSPS) is 12.7. The van der Waals surface area contributed by atoms with Crippen LogP contribution in [0, 0.1) is 0 Å². The predicted octanol–water partition coefficient (Wildman–Crippen LogP) is 6.07. The summed E-state index contributed by atoms with van der Waals surface area (Å²) in [7, 11) is 0. The van der Waals surface area contributed by atoms with Crippen LogP contribution in [-0.2, 0) is 16.6 Å². The summed E-state index contributed by atoms with van der Waals surface area (Å²) in [4.78, 5) is 12.2. The van der Waals surface area contributed by atoms with Crippen molar-refractivity contribution < 1.29 is 4.79 Å². The van der Waals surface area contributed by atoms with E-state index in [1.54, 1.807) is 0 Å². The van der Waals surface area contributed by atoms with Gasteiger partial charge in [0.15, 0.2) is 0 Å². The van der Waals surface area contributed by atoms with Crippen molar-refractivity contribution in [3.05, 3.63) is 65.2 Å². The largest absolute Gasteiger partial charge is 0.326 e. The average Bonchev–Trinajstić information content (AvgIpc) is 2.59. The van der Waals surface area contributed by atoms with Gasteiger partial charge < -0.3 is 5.32 Å². The molecule has 2 aromatic rings. The molecule has 1 N–H and O–H groups in total. The van der Waals surface area contributed by atoms with Gasteiger partial charge in [0.2, 0.25) is 5.91 Å². The minimum Gasteiger partial charge on any atom is -0.326 e. The monoisotopic (exact) mass is 337 g/mol. The van der Waals surface area contributed by atoms with Crippen LogP contribution in [0.15, 0.2) is 48.5 Å². The molecule has 0 saturated heterocycles. The fourth-order valence-electron chi connectivity index (χ4n) is 2.78. The lowest BCUT2D eigenvalue weighted by molar-refractivity contribution is -0.116. The summed E-state index contributed by atoms with van der Waals surface area (Å²) in [5, 5.41) is 2.99. The lowest BCUT2D eigenvalue weighted by Gasteiger charge is -2.19. The minimum atomic E-state index is 0.0659. The zero-order chi connectivity index (χ0) is 18.4. The van der Waals surface area contributed by atoms with Gasteiger partial charge in [0, 0.05) is 12.1 Å². The Morgan fingerprint density at radius 1 is 1.00 bits per heavy atom. The van der Waals surface area contributed by atoms with Gasteiger partial charge in [-0.3, -0.25) is 4.79 Å². The summed E-state index contributed by atoms with van der Waals surface area (Å²) >= 11 is 0. The zero-order valence-corrected chi connectivity index (χ0v) is 16.2. The fraction of sp³-hybridized carbons (Fsp3) is 0.435. The van der Waals surface area contributed by atoms with E-state index in [0.717, 1.165) is 18.5 Å². The number of anilines is 1. The van der Waals surface area contributed by atoms with E-state index in [2.05, 4.69) is 76.3 Å². The molecule has 0 saturated carbocycles.